The summed E-state index contributed by atoms with van der Waals surface area (Å²) >= 11 is 0. The number of esters is 2. The minimum atomic E-state index is -1.26. The summed E-state index contributed by atoms with van der Waals surface area (Å²) in [6, 6.07) is 21.0. The average Bonchev–Trinajstić information content (AvgIpc) is 3.70. The summed E-state index contributed by atoms with van der Waals surface area (Å²) in [5.41, 5.74) is 4.82. The summed E-state index contributed by atoms with van der Waals surface area (Å²) in [4.78, 5) is 44.8. The van der Waals surface area contributed by atoms with Crippen LogP contribution in [0.4, 0.5) is 0 Å². The third-order valence-corrected chi connectivity index (χ3v) is 6.75. The molecule has 16 heteroatoms. The number of fused-ring (bicyclic) bond motifs is 1. The van der Waals surface area contributed by atoms with Gasteiger partial charge in [-0.05, 0) is 47.9 Å². The maximum Gasteiger partial charge on any atom is 0.343 e. The highest BCUT2D eigenvalue weighted by Gasteiger charge is 2.23. The van der Waals surface area contributed by atoms with Gasteiger partial charge in [-0.15, -0.1) is 20.3 Å². The minimum Gasteiger partial charge on any atom is -0.465 e. The second kappa shape index (κ2) is 14.9. The molecule has 0 saturated heterocycles. The number of ether oxygens (including phenoxy) is 4. The molecule has 47 heavy (non-hydrogen) atoms. The Morgan fingerprint density at radius 1 is 1.00 bits per heavy atom. The van der Waals surface area contributed by atoms with Gasteiger partial charge in [0.1, 0.15) is 12.7 Å². The van der Waals surface area contributed by atoms with Crippen LogP contribution in [0.5, 0.6) is 6.01 Å². The third kappa shape index (κ3) is 8.04. The lowest BCUT2D eigenvalue weighted by atomic mass is 9.98. The normalized spacial score (nSPS) is 12.3. The molecular weight excluding hydrogens is 614 g/mol. The fourth-order valence-corrected chi connectivity index (χ4v) is 4.84. The van der Waals surface area contributed by atoms with E-state index in [9.17, 15) is 19.7 Å². The van der Waals surface area contributed by atoms with Gasteiger partial charge in [0.2, 0.25) is 12.1 Å². The van der Waals surface area contributed by atoms with E-state index in [1.54, 1.807) is 22.8 Å². The molecule has 0 amide bonds. The molecule has 0 aliphatic carbocycles. The zero-order valence-electron chi connectivity index (χ0n) is 25.7. The number of aromatic nitrogens is 6. The van der Waals surface area contributed by atoms with Crippen molar-refractivity contribution >= 4 is 23.0 Å². The second-order valence-corrected chi connectivity index (χ2v) is 10.2. The molecule has 0 bridgehead atoms. The van der Waals surface area contributed by atoms with Crippen LogP contribution in [0.2, 0.25) is 0 Å². The summed E-state index contributed by atoms with van der Waals surface area (Å²) in [6.07, 6.45) is -2.13. The van der Waals surface area contributed by atoms with Gasteiger partial charge in [-0.1, -0.05) is 54.6 Å². The molecule has 0 fully saturated rings. The molecular formula is C31H31N7O9. The van der Waals surface area contributed by atoms with Crippen LogP contribution in [0, 0.1) is 10.1 Å². The summed E-state index contributed by atoms with van der Waals surface area (Å²) in [5, 5.41) is 23.8. The van der Waals surface area contributed by atoms with E-state index in [1.807, 2.05) is 55.5 Å². The molecule has 0 spiro atoms. The van der Waals surface area contributed by atoms with Crippen LogP contribution in [0.15, 0.2) is 66.7 Å². The zero-order valence-corrected chi connectivity index (χ0v) is 25.7. The van der Waals surface area contributed by atoms with Gasteiger partial charge in [-0.2, -0.15) is 10.2 Å². The number of H-pyrrole nitrogens is 1. The van der Waals surface area contributed by atoms with Crippen molar-refractivity contribution in [3.8, 4) is 28.5 Å². The molecule has 0 aliphatic heterocycles. The van der Waals surface area contributed by atoms with Crippen molar-refractivity contribution in [1.29, 1.82) is 0 Å². The summed E-state index contributed by atoms with van der Waals surface area (Å²) in [7, 11) is 0. The van der Waals surface area contributed by atoms with Crippen molar-refractivity contribution in [1.82, 2.24) is 30.2 Å². The highest BCUT2D eigenvalue weighted by atomic mass is 17.0. The first-order valence-corrected chi connectivity index (χ1v) is 14.6. The Hall–Kier alpha value is -5.90. The number of para-hydroxylation sites is 1. The topological polar surface area (TPSA) is 196 Å². The monoisotopic (exact) mass is 645 g/mol. The van der Waals surface area contributed by atoms with Gasteiger partial charge < -0.3 is 23.8 Å². The molecule has 16 nitrogen and oxygen atoms in total. The van der Waals surface area contributed by atoms with E-state index < -0.39 is 36.0 Å². The summed E-state index contributed by atoms with van der Waals surface area (Å²) in [5.74, 6) is -1.09. The number of tetrazole rings is 1. The summed E-state index contributed by atoms with van der Waals surface area (Å²) < 4.78 is 23.3. The van der Waals surface area contributed by atoms with Crippen molar-refractivity contribution in [2.75, 3.05) is 19.8 Å². The number of imidazole rings is 1. The standard InChI is InChI=1S/C31H31N7O9/c1-4-44-31-32-26-11-7-10-25(30(40)46-20(3)45-27(39)18-43-17-19(2)47-38(41)42)28(26)37(31)16-21-12-14-22(15-13-21)23-8-5-6-9-24(23)29-33-35-36-34-29/h5-15,19-20H,4,16-18H2,1-3H3,(H,33,34,35,36)/t19-,20?/m1/s1. The fourth-order valence-electron chi connectivity index (χ4n) is 4.84. The first kappa shape index (κ1) is 32.5. The molecule has 2 heterocycles. The van der Waals surface area contributed by atoms with Crippen LogP contribution in [0.1, 0.15) is 36.7 Å². The van der Waals surface area contributed by atoms with E-state index in [4.69, 9.17) is 18.9 Å². The van der Waals surface area contributed by atoms with Gasteiger partial charge in [-0.25, -0.2) is 9.59 Å². The Kier molecular flexibility index (Phi) is 10.3. The molecule has 3 aromatic carbocycles. The van der Waals surface area contributed by atoms with Gasteiger partial charge >= 0.3 is 11.9 Å². The van der Waals surface area contributed by atoms with Crippen molar-refractivity contribution in [2.45, 2.75) is 39.7 Å². The molecule has 1 N–H and O–H groups in total. The Morgan fingerprint density at radius 3 is 2.47 bits per heavy atom. The van der Waals surface area contributed by atoms with Crippen LogP contribution in [-0.4, -0.2) is 79.4 Å². The smallest absolute Gasteiger partial charge is 0.343 e. The van der Waals surface area contributed by atoms with E-state index >= 15 is 0 Å². The molecule has 0 radical (unpaired) electrons. The number of benzene rings is 3. The molecule has 0 aliphatic rings. The van der Waals surface area contributed by atoms with Crippen LogP contribution in [-0.2, 0) is 30.4 Å². The molecule has 2 aromatic heterocycles. The van der Waals surface area contributed by atoms with Crippen LogP contribution in [0.3, 0.4) is 0 Å². The average molecular weight is 646 g/mol. The lowest BCUT2D eigenvalue weighted by molar-refractivity contribution is -0.768. The predicted octanol–water partition coefficient (Wildman–Crippen LogP) is 3.99. The Morgan fingerprint density at radius 2 is 1.77 bits per heavy atom. The SMILES string of the molecule is CCOc1nc2cccc(C(=O)OC(C)OC(=O)COC[C@@H](C)O[N+](=O)[O-])c2n1Cc1ccc(-c2ccccc2-c2nn[nH]n2)cc1. The highest BCUT2D eigenvalue weighted by molar-refractivity contribution is 6.02. The van der Waals surface area contributed by atoms with Gasteiger partial charge in [0, 0.05) is 12.5 Å². The lowest BCUT2D eigenvalue weighted by Crippen LogP contribution is -2.26. The molecule has 5 aromatic rings. The first-order valence-electron chi connectivity index (χ1n) is 14.6. The minimum absolute atomic E-state index is 0.191. The van der Waals surface area contributed by atoms with Gasteiger partial charge in [-0.3, -0.25) is 4.57 Å². The van der Waals surface area contributed by atoms with E-state index in [0.717, 1.165) is 22.3 Å². The van der Waals surface area contributed by atoms with E-state index in [-0.39, 0.29) is 12.2 Å². The van der Waals surface area contributed by atoms with Gasteiger partial charge in [0.05, 0.1) is 36.4 Å². The second-order valence-electron chi connectivity index (χ2n) is 10.2. The van der Waals surface area contributed by atoms with E-state index in [1.165, 1.54) is 13.8 Å². The number of aromatic amines is 1. The zero-order chi connectivity index (χ0) is 33.3. The molecule has 244 valence electrons. The number of nitrogens with zero attached hydrogens (tertiary/aromatic N) is 6. The molecule has 0 saturated carbocycles. The Balaban J connectivity index is 1.32. The van der Waals surface area contributed by atoms with Crippen LogP contribution in [0.25, 0.3) is 33.5 Å². The third-order valence-electron chi connectivity index (χ3n) is 6.75. The van der Waals surface area contributed by atoms with Crippen molar-refractivity contribution in [3.63, 3.8) is 0 Å². The number of rotatable bonds is 15. The number of hydrogen-bond donors (Lipinski definition) is 1. The fraction of sp³-hybridized carbons (Fsp3) is 0.290. The predicted molar refractivity (Wildman–Crippen MR) is 164 cm³/mol. The number of hydrogen-bond acceptors (Lipinski definition) is 13. The van der Waals surface area contributed by atoms with Crippen molar-refractivity contribution < 1.29 is 38.5 Å². The molecule has 1 unspecified atom stereocenters. The number of carbonyl (C=O) groups is 2. The summed E-state index contributed by atoms with van der Waals surface area (Å²) in [6.45, 7) is 4.57. The van der Waals surface area contributed by atoms with Crippen LogP contribution >= 0.6 is 0 Å². The maximum absolute atomic E-state index is 13.3. The van der Waals surface area contributed by atoms with Gasteiger partial charge in [0.25, 0.3) is 11.1 Å². The Bertz CT molecular complexity index is 1840. The van der Waals surface area contributed by atoms with E-state index in [2.05, 4.69) is 30.4 Å². The van der Waals surface area contributed by atoms with Crippen molar-refractivity contribution in [2.24, 2.45) is 0 Å². The first-order chi connectivity index (χ1) is 22.7. The Labute approximate surface area is 267 Å². The lowest BCUT2D eigenvalue weighted by Gasteiger charge is -2.16. The molecule has 5 rings (SSSR count). The van der Waals surface area contributed by atoms with Crippen molar-refractivity contribution in [3.05, 3.63) is 88.0 Å². The maximum atomic E-state index is 13.3. The number of carbonyl (C=O) groups excluding carboxylic acids is 2. The number of nitrogens with one attached hydrogen (secondary N) is 1. The largest absolute Gasteiger partial charge is 0.465 e. The van der Waals surface area contributed by atoms with Crippen LogP contribution < -0.4 is 4.74 Å². The molecule has 2 atom stereocenters. The quantitative estimate of drug-likeness (QED) is 0.0743. The highest BCUT2D eigenvalue weighted by Crippen LogP contribution is 2.31. The van der Waals surface area contributed by atoms with E-state index in [0.29, 0.717) is 36.0 Å². The van der Waals surface area contributed by atoms with Gasteiger partial charge in [0.15, 0.2) is 0 Å².